The van der Waals surface area contributed by atoms with Crippen LogP contribution in [-0.2, 0) is 0 Å². The third kappa shape index (κ3) is 1.30. The topological polar surface area (TPSA) is 145 Å². The van der Waals surface area contributed by atoms with Crippen LogP contribution in [0.2, 0.25) is 0 Å². The minimum Gasteiger partial charge on any atom is -0.598 e. The van der Waals surface area contributed by atoms with Gasteiger partial charge < -0.3 is 10.9 Å². The standard InChI is InChI=1S/C9H8ClN5O2/c1-5-8(3-12,4-13)6(2-11)7(14)9(5,10)15(16)17/h5,15-16H,14H2,1H3. The van der Waals surface area contributed by atoms with Crippen molar-refractivity contribution in [2.24, 2.45) is 17.1 Å². The molecule has 0 saturated heterocycles. The molecule has 0 aromatic rings. The van der Waals surface area contributed by atoms with Crippen molar-refractivity contribution in [3.63, 3.8) is 0 Å². The van der Waals surface area contributed by atoms with Gasteiger partial charge in [-0.1, -0.05) is 6.92 Å². The molecule has 0 bridgehead atoms. The highest BCUT2D eigenvalue weighted by Crippen LogP contribution is 2.50. The van der Waals surface area contributed by atoms with E-state index in [9.17, 15) is 5.21 Å². The van der Waals surface area contributed by atoms with E-state index < -0.39 is 27.3 Å². The number of alkyl halides is 1. The summed E-state index contributed by atoms with van der Waals surface area (Å²) < 4.78 is 0. The first-order valence-corrected chi connectivity index (χ1v) is 4.86. The lowest BCUT2D eigenvalue weighted by molar-refractivity contribution is -1.08. The summed E-state index contributed by atoms with van der Waals surface area (Å²) >= 11 is 5.89. The maximum Gasteiger partial charge on any atom is 0.248 e. The van der Waals surface area contributed by atoms with Gasteiger partial charge in [-0.25, -0.2) is 10.4 Å². The molecule has 0 aromatic carbocycles. The first kappa shape index (κ1) is 13.2. The van der Waals surface area contributed by atoms with Gasteiger partial charge in [0, 0.05) is 0 Å². The summed E-state index contributed by atoms with van der Waals surface area (Å²) in [6.07, 6.45) is 0. The van der Waals surface area contributed by atoms with Crippen LogP contribution >= 0.6 is 11.6 Å². The van der Waals surface area contributed by atoms with E-state index in [0.29, 0.717) is 0 Å². The summed E-state index contributed by atoms with van der Waals surface area (Å²) in [6, 6.07) is 4.91. The average Bonchev–Trinajstić information content (AvgIpc) is 2.48. The molecule has 88 valence electrons. The molecule has 3 unspecified atom stereocenters. The van der Waals surface area contributed by atoms with Crippen molar-refractivity contribution in [1.29, 1.82) is 15.8 Å². The second-order valence-electron chi connectivity index (χ2n) is 3.67. The summed E-state index contributed by atoms with van der Waals surface area (Å²) in [5, 5.41) is 45.8. The Kier molecular flexibility index (Phi) is 3.03. The second kappa shape index (κ2) is 3.89. The zero-order valence-electron chi connectivity index (χ0n) is 8.73. The highest BCUT2D eigenvalue weighted by atomic mass is 35.5. The summed E-state index contributed by atoms with van der Waals surface area (Å²) in [5.74, 6) is -1.13. The van der Waals surface area contributed by atoms with Crippen molar-refractivity contribution >= 4 is 11.6 Å². The lowest BCUT2D eigenvalue weighted by atomic mass is 9.76. The highest BCUT2D eigenvalue weighted by Gasteiger charge is 2.65. The van der Waals surface area contributed by atoms with Gasteiger partial charge in [0.15, 0.2) is 5.41 Å². The molecule has 0 radical (unpaired) electrons. The van der Waals surface area contributed by atoms with Crippen molar-refractivity contribution < 1.29 is 10.4 Å². The number of hydrogen-bond acceptors (Lipinski definition) is 6. The minimum absolute atomic E-state index is 0.382. The third-order valence-corrected chi connectivity index (χ3v) is 3.77. The van der Waals surface area contributed by atoms with Crippen molar-refractivity contribution in [1.82, 2.24) is 0 Å². The Morgan fingerprint density at radius 2 is 1.94 bits per heavy atom. The lowest BCUT2D eigenvalue weighted by Gasteiger charge is -2.34. The molecule has 0 spiro atoms. The SMILES string of the molecule is CC1C(C#N)(C#N)C(C#N)=C(N)C1(Cl)[NH+]([O-])O. The van der Waals surface area contributed by atoms with E-state index in [1.54, 1.807) is 18.2 Å². The molecule has 0 amide bonds. The summed E-state index contributed by atoms with van der Waals surface area (Å²) in [7, 11) is 0. The molecule has 17 heavy (non-hydrogen) atoms. The highest BCUT2D eigenvalue weighted by molar-refractivity contribution is 6.25. The number of nitriles is 3. The zero-order valence-corrected chi connectivity index (χ0v) is 9.49. The van der Waals surface area contributed by atoms with Gasteiger partial charge in [0.1, 0.15) is 5.70 Å². The maximum atomic E-state index is 11.2. The smallest absolute Gasteiger partial charge is 0.248 e. The molecule has 0 aromatic heterocycles. The van der Waals surface area contributed by atoms with Crippen LogP contribution in [-0.4, -0.2) is 10.2 Å². The van der Waals surface area contributed by atoms with E-state index >= 15 is 0 Å². The largest absolute Gasteiger partial charge is 0.598 e. The maximum absolute atomic E-state index is 11.2. The van der Waals surface area contributed by atoms with E-state index in [4.69, 9.17) is 38.3 Å². The molecule has 0 aliphatic heterocycles. The van der Waals surface area contributed by atoms with E-state index in [1.165, 1.54) is 6.92 Å². The Labute approximate surface area is 102 Å². The molecule has 0 saturated carbocycles. The molecule has 7 nitrogen and oxygen atoms in total. The molecule has 3 atom stereocenters. The summed E-state index contributed by atoms with van der Waals surface area (Å²) in [5.41, 5.74) is 2.79. The van der Waals surface area contributed by atoms with Crippen LogP contribution in [0.5, 0.6) is 0 Å². The molecule has 1 aliphatic rings. The fraction of sp³-hybridized carbons (Fsp3) is 0.444. The van der Waals surface area contributed by atoms with E-state index in [1.807, 2.05) is 0 Å². The van der Waals surface area contributed by atoms with Gasteiger partial charge in [0.25, 0.3) is 0 Å². The Hall–Kier alpha value is -1.82. The second-order valence-corrected chi connectivity index (χ2v) is 4.27. The lowest BCUT2D eigenvalue weighted by Crippen LogP contribution is -3.14. The van der Waals surface area contributed by atoms with Gasteiger partial charge in [-0.2, -0.15) is 15.8 Å². The van der Waals surface area contributed by atoms with Gasteiger partial charge in [-0.3, -0.25) is 0 Å². The van der Waals surface area contributed by atoms with Crippen molar-refractivity contribution in [3.05, 3.63) is 16.5 Å². The van der Waals surface area contributed by atoms with Gasteiger partial charge in [0.2, 0.25) is 5.00 Å². The van der Waals surface area contributed by atoms with E-state index in [-0.39, 0.29) is 5.57 Å². The fourth-order valence-electron chi connectivity index (χ4n) is 1.92. The molecular weight excluding hydrogens is 246 g/mol. The van der Waals surface area contributed by atoms with Crippen LogP contribution < -0.4 is 11.0 Å². The predicted octanol–water partition coefficient (Wildman–Crippen LogP) is -0.887. The molecule has 8 heteroatoms. The predicted molar refractivity (Wildman–Crippen MR) is 54.3 cm³/mol. The first-order valence-electron chi connectivity index (χ1n) is 4.48. The van der Waals surface area contributed by atoms with E-state index in [2.05, 4.69) is 0 Å². The third-order valence-electron chi connectivity index (χ3n) is 3.08. The molecular formula is C9H8ClN5O2. The van der Waals surface area contributed by atoms with Gasteiger partial charge in [-0.05, 0) is 11.6 Å². The van der Waals surface area contributed by atoms with Crippen LogP contribution in [0, 0.1) is 50.5 Å². The number of hydrogen-bond donors (Lipinski definition) is 3. The number of allylic oxidation sites excluding steroid dienone is 1. The zero-order chi connectivity index (χ0) is 13.4. The van der Waals surface area contributed by atoms with Gasteiger partial charge in [0.05, 0.1) is 29.7 Å². The van der Waals surface area contributed by atoms with Gasteiger partial charge >= 0.3 is 0 Å². The first-order chi connectivity index (χ1) is 7.82. The van der Waals surface area contributed by atoms with Crippen molar-refractivity contribution in [2.45, 2.75) is 11.9 Å². The molecule has 0 heterocycles. The Morgan fingerprint density at radius 1 is 1.47 bits per heavy atom. The number of nitrogens with one attached hydrogen (secondary N) is 1. The Morgan fingerprint density at radius 3 is 2.18 bits per heavy atom. The molecule has 1 aliphatic carbocycles. The number of quaternary nitrogens is 1. The number of rotatable bonds is 1. The quantitative estimate of drug-likeness (QED) is 0.314. The molecule has 4 N–H and O–H groups in total. The van der Waals surface area contributed by atoms with Crippen LogP contribution in [0.1, 0.15) is 6.92 Å². The van der Waals surface area contributed by atoms with Gasteiger partial charge in [-0.15, -0.1) is 0 Å². The minimum atomic E-state index is -2.10. The Balaban J connectivity index is 3.64. The van der Waals surface area contributed by atoms with Crippen LogP contribution in [0.4, 0.5) is 0 Å². The summed E-state index contributed by atoms with van der Waals surface area (Å²) in [6.45, 7) is 1.31. The average molecular weight is 254 g/mol. The normalized spacial score (nSPS) is 32.4. The fourth-order valence-corrected chi connectivity index (χ4v) is 2.18. The van der Waals surface area contributed by atoms with Crippen LogP contribution in [0.3, 0.4) is 0 Å². The van der Waals surface area contributed by atoms with Crippen molar-refractivity contribution in [3.8, 4) is 18.2 Å². The number of nitrogens with zero attached hydrogens (tertiary/aromatic N) is 3. The monoisotopic (exact) mass is 253 g/mol. The number of halogens is 1. The number of nitrogens with two attached hydrogens (primary N) is 1. The Bertz CT molecular complexity index is 495. The van der Waals surface area contributed by atoms with Crippen molar-refractivity contribution in [2.75, 3.05) is 0 Å². The van der Waals surface area contributed by atoms with Crippen LogP contribution in [0.15, 0.2) is 11.3 Å². The van der Waals surface area contributed by atoms with Crippen LogP contribution in [0.25, 0.3) is 0 Å². The molecule has 0 fully saturated rings. The molecule has 1 rings (SSSR count). The van der Waals surface area contributed by atoms with E-state index in [0.717, 1.165) is 0 Å². The number of hydroxylamine groups is 2. The summed E-state index contributed by atoms with van der Waals surface area (Å²) in [4.78, 5) is -2.10.